The van der Waals surface area contributed by atoms with Gasteiger partial charge in [0, 0.05) is 25.4 Å². The number of aromatic amines is 1. The molecule has 0 unspecified atom stereocenters. The van der Waals surface area contributed by atoms with Gasteiger partial charge in [0.25, 0.3) is 5.91 Å². The van der Waals surface area contributed by atoms with Gasteiger partial charge in [0.1, 0.15) is 0 Å². The lowest BCUT2D eigenvalue weighted by Gasteiger charge is -2.18. The van der Waals surface area contributed by atoms with Crippen LogP contribution in [-0.4, -0.2) is 28.9 Å². The predicted octanol–water partition coefficient (Wildman–Crippen LogP) is 2.91. The summed E-state index contributed by atoms with van der Waals surface area (Å²) >= 11 is 0. The highest BCUT2D eigenvalue weighted by atomic mass is 16.2. The fraction of sp³-hybridized carbons (Fsp3) is 0.571. The minimum absolute atomic E-state index is 0.0498. The molecule has 0 aliphatic rings. The molecular formula is C14H26N2O2. The van der Waals surface area contributed by atoms with E-state index in [0.717, 1.165) is 0 Å². The number of rotatable bonds is 3. The molecule has 0 saturated carbocycles. The fourth-order valence-corrected chi connectivity index (χ4v) is 1.24. The van der Waals surface area contributed by atoms with Gasteiger partial charge in [0.15, 0.2) is 0 Å². The van der Waals surface area contributed by atoms with Gasteiger partial charge in [-0.3, -0.25) is 9.59 Å². The number of carbonyl (C=O) groups excluding carboxylic acids is 1. The molecule has 1 heterocycles. The molecule has 1 N–H and O–H groups in total. The highest BCUT2D eigenvalue weighted by molar-refractivity contribution is 5.93. The summed E-state index contributed by atoms with van der Waals surface area (Å²) in [5.41, 5.74) is 0.328. The maximum Gasteiger partial charge on any atom is 0.255 e. The molecule has 1 amide bonds. The maximum atomic E-state index is 11.7. The number of carbonyl (C=O) groups is 1. The first kappa shape index (κ1) is 18.8. The lowest BCUT2D eigenvalue weighted by atomic mass is 10.2. The van der Waals surface area contributed by atoms with Crippen molar-refractivity contribution in [3.05, 3.63) is 34.2 Å². The summed E-state index contributed by atoms with van der Waals surface area (Å²) in [6, 6.07) is 2.90. The normalized spacial score (nSPS) is 8.33. The van der Waals surface area contributed by atoms with Crippen LogP contribution in [0.3, 0.4) is 0 Å². The van der Waals surface area contributed by atoms with Crippen LogP contribution in [0.5, 0.6) is 0 Å². The van der Waals surface area contributed by atoms with E-state index in [0.29, 0.717) is 18.7 Å². The van der Waals surface area contributed by atoms with E-state index >= 15 is 0 Å². The third kappa shape index (κ3) is 6.23. The average molecular weight is 254 g/mol. The highest BCUT2D eigenvalue weighted by Crippen LogP contribution is 2.00. The molecule has 0 aliphatic heterocycles. The monoisotopic (exact) mass is 254 g/mol. The van der Waals surface area contributed by atoms with Crippen LogP contribution < -0.4 is 5.56 Å². The molecule has 0 aromatic carbocycles. The Morgan fingerprint density at radius 2 is 1.61 bits per heavy atom. The number of pyridine rings is 1. The summed E-state index contributed by atoms with van der Waals surface area (Å²) in [5.74, 6) is -0.0498. The summed E-state index contributed by atoms with van der Waals surface area (Å²) in [6.45, 7) is 13.2. The van der Waals surface area contributed by atoms with Crippen LogP contribution in [0, 0.1) is 0 Å². The van der Waals surface area contributed by atoms with Crippen molar-refractivity contribution >= 4 is 5.91 Å². The molecule has 4 heteroatoms. The van der Waals surface area contributed by atoms with Crippen LogP contribution in [0.15, 0.2) is 23.1 Å². The minimum atomic E-state index is -0.193. The first-order chi connectivity index (χ1) is 8.69. The van der Waals surface area contributed by atoms with Crippen molar-refractivity contribution in [2.75, 3.05) is 13.1 Å². The summed E-state index contributed by atoms with van der Waals surface area (Å²) in [7, 11) is 0. The number of aromatic nitrogens is 1. The standard InChI is InChI=1S/C10H14N2O2.2C2H6/c1-3-12(4-2)10(14)8-5-6-9(13)11-7-8;2*1-2/h5-7H,3-4H2,1-2H3,(H,11,13);2*1-2H3. The number of nitrogens with one attached hydrogen (secondary N) is 1. The van der Waals surface area contributed by atoms with Gasteiger partial charge in [0.2, 0.25) is 5.56 Å². The van der Waals surface area contributed by atoms with Crippen LogP contribution in [0.2, 0.25) is 0 Å². The zero-order valence-corrected chi connectivity index (χ0v) is 12.4. The van der Waals surface area contributed by atoms with Gasteiger partial charge in [-0.2, -0.15) is 0 Å². The quantitative estimate of drug-likeness (QED) is 0.901. The Morgan fingerprint density at radius 3 is 1.94 bits per heavy atom. The Hall–Kier alpha value is -1.58. The number of amides is 1. The van der Waals surface area contributed by atoms with Crippen LogP contribution >= 0.6 is 0 Å². The zero-order valence-electron chi connectivity index (χ0n) is 12.4. The van der Waals surface area contributed by atoms with Gasteiger partial charge in [-0.25, -0.2) is 0 Å². The van der Waals surface area contributed by atoms with Gasteiger partial charge >= 0.3 is 0 Å². The van der Waals surface area contributed by atoms with Crippen LogP contribution in [0.4, 0.5) is 0 Å². The zero-order chi connectivity index (χ0) is 14.6. The molecule has 0 radical (unpaired) electrons. The minimum Gasteiger partial charge on any atom is -0.339 e. The van der Waals surface area contributed by atoms with Crippen molar-refractivity contribution in [3.8, 4) is 0 Å². The Kier molecular flexibility index (Phi) is 12.4. The number of hydrogen-bond donors (Lipinski definition) is 1. The molecular weight excluding hydrogens is 228 g/mol. The summed E-state index contributed by atoms with van der Waals surface area (Å²) < 4.78 is 0. The Balaban J connectivity index is 0. The topological polar surface area (TPSA) is 53.2 Å². The first-order valence-corrected chi connectivity index (χ1v) is 6.67. The van der Waals surface area contributed by atoms with E-state index in [2.05, 4.69) is 4.98 Å². The molecule has 1 aromatic rings. The van der Waals surface area contributed by atoms with E-state index in [1.807, 2.05) is 41.5 Å². The third-order valence-electron chi connectivity index (χ3n) is 2.08. The van der Waals surface area contributed by atoms with E-state index < -0.39 is 0 Å². The molecule has 0 aliphatic carbocycles. The smallest absolute Gasteiger partial charge is 0.255 e. The highest BCUT2D eigenvalue weighted by Gasteiger charge is 2.11. The predicted molar refractivity (Wildman–Crippen MR) is 77.0 cm³/mol. The van der Waals surface area contributed by atoms with Crippen molar-refractivity contribution in [2.45, 2.75) is 41.5 Å². The Labute approximate surface area is 110 Å². The van der Waals surface area contributed by atoms with Gasteiger partial charge in [0.05, 0.1) is 5.56 Å². The second-order valence-electron chi connectivity index (χ2n) is 2.92. The largest absolute Gasteiger partial charge is 0.339 e. The molecule has 0 bridgehead atoms. The molecule has 0 spiro atoms. The van der Waals surface area contributed by atoms with E-state index in [4.69, 9.17) is 0 Å². The van der Waals surface area contributed by atoms with E-state index in [-0.39, 0.29) is 11.5 Å². The Bertz CT molecular complexity index is 348. The lowest BCUT2D eigenvalue weighted by molar-refractivity contribution is 0.0772. The Morgan fingerprint density at radius 1 is 1.11 bits per heavy atom. The fourth-order valence-electron chi connectivity index (χ4n) is 1.24. The summed E-state index contributed by atoms with van der Waals surface area (Å²) in [4.78, 5) is 26.7. The molecule has 0 fully saturated rings. The van der Waals surface area contributed by atoms with E-state index in [1.54, 1.807) is 11.0 Å². The molecule has 1 rings (SSSR count). The van der Waals surface area contributed by atoms with Crippen molar-refractivity contribution in [3.63, 3.8) is 0 Å². The first-order valence-electron chi connectivity index (χ1n) is 6.67. The summed E-state index contributed by atoms with van der Waals surface area (Å²) in [5, 5.41) is 0. The maximum absolute atomic E-state index is 11.7. The van der Waals surface area contributed by atoms with Crippen molar-refractivity contribution in [1.82, 2.24) is 9.88 Å². The van der Waals surface area contributed by atoms with Gasteiger partial charge in [-0.15, -0.1) is 0 Å². The van der Waals surface area contributed by atoms with Gasteiger partial charge in [-0.05, 0) is 19.9 Å². The van der Waals surface area contributed by atoms with Crippen molar-refractivity contribution in [2.24, 2.45) is 0 Å². The lowest BCUT2D eigenvalue weighted by Crippen LogP contribution is -2.30. The van der Waals surface area contributed by atoms with E-state index in [9.17, 15) is 9.59 Å². The van der Waals surface area contributed by atoms with Gasteiger partial charge < -0.3 is 9.88 Å². The molecule has 0 atom stereocenters. The second kappa shape index (κ2) is 11.9. The molecule has 0 saturated heterocycles. The summed E-state index contributed by atoms with van der Waals surface area (Å²) in [6.07, 6.45) is 1.45. The van der Waals surface area contributed by atoms with Crippen molar-refractivity contribution < 1.29 is 4.79 Å². The van der Waals surface area contributed by atoms with Crippen LogP contribution in [0.25, 0.3) is 0 Å². The van der Waals surface area contributed by atoms with Crippen molar-refractivity contribution in [1.29, 1.82) is 0 Å². The second-order valence-corrected chi connectivity index (χ2v) is 2.92. The molecule has 18 heavy (non-hydrogen) atoms. The SMILES string of the molecule is CC.CC.CCN(CC)C(=O)c1ccc(=O)[nH]c1. The van der Waals surface area contributed by atoms with E-state index in [1.165, 1.54) is 12.3 Å². The van der Waals surface area contributed by atoms with Crippen LogP contribution in [0.1, 0.15) is 51.9 Å². The number of hydrogen-bond acceptors (Lipinski definition) is 2. The number of nitrogens with zero attached hydrogens (tertiary/aromatic N) is 1. The molecule has 1 aromatic heterocycles. The van der Waals surface area contributed by atoms with Crippen LogP contribution in [-0.2, 0) is 0 Å². The molecule has 4 nitrogen and oxygen atoms in total. The number of H-pyrrole nitrogens is 1. The average Bonchev–Trinajstić information content (AvgIpc) is 2.45. The third-order valence-corrected chi connectivity index (χ3v) is 2.08. The van der Waals surface area contributed by atoms with Gasteiger partial charge in [-0.1, -0.05) is 27.7 Å². The molecule has 104 valence electrons.